The van der Waals surface area contributed by atoms with Gasteiger partial charge in [-0.25, -0.2) is 4.79 Å². The molecule has 0 aromatic heterocycles. The van der Waals surface area contributed by atoms with E-state index in [1.54, 1.807) is 36.0 Å². The Balaban J connectivity index is 1.19. The summed E-state index contributed by atoms with van der Waals surface area (Å²) in [5.74, 6) is -2.39. The Bertz CT molecular complexity index is 1680. The number of nitrogens with zero attached hydrogens (tertiary/aromatic N) is 5. The van der Waals surface area contributed by atoms with Gasteiger partial charge in [-0.05, 0) is 44.0 Å². The number of amides is 5. The number of carboxylic acid groups (broad SMARTS) is 1. The highest BCUT2D eigenvalue weighted by atomic mass is 32.2. The standard InChI is InChI=1S/C41H67N9O13S/c1-46-13-15-48(22-36(55)56)17-18-50(26-51)29(20-49(16-14-46)23-37(57)58)19-27-7-9-28(10-8-27)42-33(52)11-12-38(59)63-24-30(40(60)61)43-34(53)21-47(2)35(54)6-4-3-5-32-39-31(25-64-32)44-41(62)45-39/h7-10,29-32,36,39-40,51,55-56,60-61H,3-6,11-26H2,1-2H3,(H,42,52)(H,43,53)(H,57,58)(H2,44,45,62). The minimum atomic E-state index is -2.08. The number of β-amino-alcohol motifs (C(OH)–C–C–N with tert-alkyl or cyclic N) is 2. The molecular weight excluding hydrogens is 859 g/mol. The Morgan fingerprint density at radius 3 is 2.30 bits per heavy atom. The summed E-state index contributed by atoms with van der Waals surface area (Å²) in [5.41, 5.74) is 1.30. The molecule has 1 aromatic rings. The van der Waals surface area contributed by atoms with Gasteiger partial charge < -0.3 is 66.4 Å². The summed E-state index contributed by atoms with van der Waals surface area (Å²) in [4.78, 5) is 82.7. The Kier molecular flexibility index (Phi) is 21.9. The van der Waals surface area contributed by atoms with E-state index >= 15 is 0 Å². The lowest BCUT2D eigenvalue weighted by Crippen LogP contribution is -2.52. The molecule has 3 fully saturated rings. The number of carbonyl (C=O) groups excluding carboxylic acids is 5. The molecule has 22 nitrogen and oxygen atoms in total. The van der Waals surface area contributed by atoms with Gasteiger partial charge in [-0.3, -0.25) is 38.7 Å². The van der Waals surface area contributed by atoms with E-state index in [-0.39, 0.29) is 80.9 Å². The summed E-state index contributed by atoms with van der Waals surface area (Å²) in [7, 11) is 3.38. The first-order valence-corrected chi connectivity index (χ1v) is 22.7. The molecule has 5 unspecified atom stereocenters. The van der Waals surface area contributed by atoms with Crippen molar-refractivity contribution in [2.45, 2.75) is 86.9 Å². The number of rotatable bonds is 22. The number of likely N-dealkylation sites (N-methyl/N-ethyl adjacent to an activating group) is 2. The molecule has 0 bridgehead atoms. The van der Waals surface area contributed by atoms with Crippen LogP contribution in [0.25, 0.3) is 0 Å². The molecule has 3 saturated heterocycles. The van der Waals surface area contributed by atoms with Crippen LogP contribution < -0.4 is 21.3 Å². The van der Waals surface area contributed by atoms with Gasteiger partial charge in [0.25, 0.3) is 0 Å². The zero-order chi connectivity index (χ0) is 46.8. The van der Waals surface area contributed by atoms with Crippen molar-refractivity contribution in [3.05, 3.63) is 29.8 Å². The predicted octanol–water partition coefficient (Wildman–Crippen LogP) is -2.96. The number of carbonyl (C=O) groups is 6. The Labute approximate surface area is 377 Å². The summed E-state index contributed by atoms with van der Waals surface area (Å²) >= 11 is 1.79. The normalized spacial score (nSPS) is 22.2. The van der Waals surface area contributed by atoms with Crippen molar-refractivity contribution < 1.29 is 64.1 Å². The number of hydrogen-bond acceptors (Lipinski definition) is 17. The molecule has 3 aliphatic rings. The third-order valence-electron chi connectivity index (χ3n) is 11.5. The maximum absolute atomic E-state index is 12.7. The van der Waals surface area contributed by atoms with Crippen LogP contribution in [0.2, 0.25) is 0 Å². The predicted molar refractivity (Wildman–Crippen MR) is 235 cm³/mol. The van der Waals surface area contributed by atoms with Crippen molar-refractivity contribution in [1.82, 2.24) is 40.4 Å². The van der Waals surface area contributed by atoms with Crippen LogP contribution >= 0.6 is 11.8 Å². The lowest BCUT2D eigenvalue weighted by atomic mass is 10.0. The summed E-state index contributed by atoms with van der Waals surface area (Å²) in [5, 5.41) is 70.1. The minimum absolute atomic E-state index is 0.0428. The largest absolute Gasteiger partial charge is 0.480 e. The molecule has 4 rings (SSSR count). The maximum Gasteiger partial charge on any atom is 0.317 e. The van der Waals surface area contributed by atoms with Gasteiger partial charge in [-0.2, -0.15) is 11.8 Å². The average Bonchev–Trinajstić information content (AvgIpc) is 3.79. The second-order valence-electron chi connectivity index (χ2n) is 16.7. The first-order valence-electron chi connectivity index (χ1n) is 21.7. The number of nitrogens with one attached hydrogen (secondary N) is 4. The highest BCUT2D eigenvalue weighted by Crippen LogP contribution is 2.33. The molecule has 0 radical (unpaired) electrons. The number of ether oxygens (including phenoxy) is 1. The number of benzene rings is 1. The number of carboxylic acids is 1. The number of thioether (sulfide) groups is 1. The molecule has 0 aliphatic carbocycles. The fourth-order valence-electron chi connectivity index (χ4n) is 7.84. The van der Waals surface area contributed by atoms with Crippen LogP contribution in [0.3, 0.4) is 0 Å². The van der Waals surface area contributed by atoms with E-state index < -0.39 is 49.0 Å². The van der Waals surface area contributed by atoms with Crippen LogP contribution in [0, 0.1) is 0 Å². The number of aliphatic carboxylic acids is 1. The number of urea groups is 1. The molecule has 3 aliphatic heterocycles. The second-order valence-corrected chi connectivity index (χ2v) is 17.9. The number of anilines is 1. The number of unbranched alkanes of at least 4 members (excludes halogenated alkanes) is 1. The Morgan fingerprint density at radius 1 is 0.922 bits per heavy atom. The van der Waals surface area contributed by atoms with Crippen molar-refractivity contribution in [2.75, 3.05) is 104 Å². The van der Waals surface area contributed by atoms with Crippen molar-refractivity contribution in [3.8, 4) is 0 Å². The third kappa shape index (κ3) is 18.4. The van der Waals surface area contributed by atoms with E-state index in [2.05, 4.69) is 26.2 Å². The van der Waals surface area contributed by atoms with Crippen LogP contribution in [-0.2, 0) is 35.1 Å². The van der Waals surface area contributed by atoms with Gasteiger partial charge in [0.15, 0.2) is 12.6 Å². The smallest absolute Gasteiger partial charge is 0.317 e. The summed E-state index contributed by atoms with van der Waals surface area (Å²) in [6.45, 7) is 2.00. The SMILES string of the molecule is CN1CCN(CC(O)O)CCN(CO)C(Cc2ccc(NC(=O)CCC(=O)OCC(NC(=O)CN(C)C(=O)CCCCC3SCC4NC(=O)NC43)C(O)O)cc2)CN(CC(=O)O)CC1. The highest BCUT2D eigenvalue weighted by Gasteiger charge is 2.42. The van der Waals surface area contributed by atoms with E-state index in [1.807, 2.05) is 21.7 Å². The molecule has 0 saturated carbocycles. The number of aliphatic hydroxyl groups is 5. The fraction of sp³-hybridized carbons (Fsp3) is 0.707. The molecular formula is C41H67N9O13S. The number of esters is 1. The summed E-state index contributed by atoms with van der Waals surface area (Å²) in [6, 6.07) is 5.31. The van der Waals surface area contributed by atoms with Crippen molar-refractivity contribution in [2.24, 2.45) is 0 Å². The van der Waals surface area contributed by atoms with E-state index in [4.69, 9.17) is 4.74 Å². The first-order chi connectivity index (χ1) is 30.5. The van der Waals surface area contributed by atoms with Gasteiger partial charge in [-0.1, -0.05) is 18.6 Å². The first kappa shape index (κ1) is 52.5. The average molecular weight is 926 g/mol. The monoisotopic (exact) mass is 925 g/mol. The lowest BCUT2D eigenvalue weighted by molar-refractivity contribution is -0.151. The molecule has 3 heterocycles. The number of aliphatic hydroxyl groups excluding tert-OH is 3. The lowest BCUT2D eigenvalue weighted by Gasteiger charge is -2.37. The molecule has 23 heteroatoms. The molecule has 5 atom stereocenters. The van der Waals surface area contributed by atoms with Gasteiger partial charge in [0.05, 0.1) is 38.3 Å². The summed E-state index contributed by atoms with van der Waals surface area (Å²) in [6.07, 6.45) is -1.35. The summed E-state index contributed by atoms with van der Waals surface area (Å²) < 4.78 is 5.12. The maximum atomic E-state index is 12.7. The van der Waals surface area contributed by atoms with Crippen LogP contribution in [0.1, 0.15) is 44.1 Å². The molecule has 10 N–H and O–H groups in total. The molecule has 360 valence electrons. The van der Waals surface area contributed by atoms with Gasteiger partial charge >= 0.3 is 18.0 Å². The second kappa shape index (κ2) is 26.7. The molecule has 64 heavy (non-hydrogen) atoms. The quantitative estimate of drug-likeness (QED) is 0.0241. The fourth-order valence-corrected chi connectivity index (χ4v) is 9.38. The van der Waals surface area contributed by atoms with Crippen LogP contribution in [0.5, 0.6) is 0 Å². The number of hydrogen-bond donors (Lipinski definition) is 10. The van der Waals surface area contributed by atoms with Crippen LogP contribution in [0.4, 0.5) is 10.5 Å². The van der Waals surface area contributed by atoms with Crippen molar-refractivity contribution >= 4 is 53.1 Å². The van der Waals surface area contributed by atoms with Crippen molar-refractivity contribution in [1.29, 1.82) is 0 Å². The Morgan fingerprint density at radius 2 is 1.62 bits per heavy atom. The van der Waals surface area contributed by atoms with Gasteiger partial charge in [0, 0.05) is 95.0 Å². The number of fused-ring (bicyclic) bond motifs is 1. The topological polar surface area (TPSA) is 297 Å². The van der Waals surface area contributed by atoms with Gasteiger partial charge in [0.2, 0.25) is 17.7 Å². The molecule has 5 amide bonds. The highest BCUT2D eigenvalue weighted by molar-refractivity contribution is 8.00. The molecule has 0 spiro atoms. The van der Waals surface area contributed by atoms with Crippen LogP contribution in [-0.4, -0.2) is 231 Å². The van der Waals surface area contributed by atoms with E-state index in [9.17, 15) is 59.4 Å². The van der Waals surface area contributed by atoms with E-state index in [0.717, 1.165) is 24.2 Å². The molecule has 1 aromatic carbocycles. The van der Waals surface area contributed by atoms with Crippen LogP contribution in [0.15, 0.2) is 24.3 Å². The zero-order valence-electron chi connectivity index (χ0n) is 36.7. The van der Waals surface area contributed by atoms with Crippen molar-refractivity contribution in [3.63, 3.8) is 0 Å². The zero-order valence-corrected chi connectivity index (χ0v) is 37.5. The van der Waals surface area contributed by atoms with E-state index in [0.29, 0.717) is 64.3 Å². The van der Waals surface area contributed by atoms with Gasteiger partial charge in [-0.15, -0.1) is 0 Å². The Hall–Kier alpha value is -4.17. The minimum Gasteiger partial charge on any atom is -0.480 e. The van der Waals surface area contributed by atoms with Gasteiger partial charge in [0.1, 0.15) is 12.6 Å². The third-order valence-corrected chi connectivity index (χ3v) is 13.0. The van der Waals surface area contributed by atoms with E-state index in [1.165, 1.54) is 11.9 Å².